The molecule has 0 aromatic heterocycles. The predicted molar refractivity (Wildman–Crippen MR) is 113 cm³/mol. The van der Waals surface area contributed by atoms with Crippen LogP contribution in [0.1, 0.15) is 21.5 Å². The summed E-state index contributed by atoms with van der Waals surface area (Å²) in [6.45, 7) is 0.443. The lowest BCUT2D eigenvalue weighted by atomic mass is 10.2. The van der Waals surface area contributed by atoms with E-state index in [0.717, 1.165) is 11.1 Å². The summed E-state index contributed by atoms with van der Waals surface area (Å²) in [6, 6.07) is 20.6. The third-order valence-corrected chi connectivity index (χ3v) is 6.82. The molecule has 7 heteroatoms. The third kappa shape index (κ3) is 3.89. The smallest absolute Gasteiger partial charge is 0.338 e. The standard InChI is InChI=1S/C23H21NO5S/c1-28-20-9-4-6-17(14-20)16-29-23(25)19-8-5-10-21(15-19)30(26,27)24-13-12-18-7-2-3-11-22(18)24/h2-11,14-15H,12-13,16H2,1H3. The van der Waals surface area contributed by atoms with Gasteiger partial charge in [0, 0.05) is 6.54 Å². The van der Waals surface area contributed by atoms with E-state index in [1.54, 1.807) is 37.4 Å². The van der Waals surface area contributed by atoms with Gasteiger partial charge in [0.2, 0.25) is 0 Å². The summed E-state index contributed by atoms with van der Waals surface area (Å²) in [7, 11) is -2.21. The quantitative estimate of drug-likeness (QED) is 0.564. The zero-order valence-electron chi connectivity index (χ0n) is 16.4. The van der Waals surface area contributed by atoms with Crippen molar-refractivity contribution in [2.45, 2.75) is 17.9 Å². The first-order chi connectivity index (χ1) is 14.5. The van der Waals surface area contributed by atoms with Crippen molar-refractivity contribution in [3.8, 4) is 5.75 Å². The van der Waals surface area contributed by atoms with Crippen LogP contribution in [0.3, 0.4) is 0 Å². The van der Waals surface area contributed by atoms with E-state index in [0.29, 0.717) is 24.4 Å². The first-order valence-electron chi connectivity index (χ1n) is 9.50. The van der Waals surface area contributed by atoms with E-state index < -0.39 is 16.0 Å². The molecule has 0 aliphatic carbocycles. The molecule has 0 saturated carbocycles. The zero-order valence-corrected chi connectivity index (χ0v) is 17.3. The van der Waals surface area contributed by atoms with Gasteiger partial charge in [-0.2, -0.15) is 0 Å². The minimum atomic E-state index is -3.78. The number of ether oxygens (including phenoxy) is 2. The molecule has 30 heavy (non-hydrogen) atoms. The van der Waals surface area contributed by atoms with Gasteiger partial charge in [0.15, 0.2) is 0 Å². The maximum Gasteiger partial charge on any atom is 0.338 e. The minimum Gasteiger partial charge on any atom is -0.497 e. The molecule has 0 N–H and O–H groups in total. The third-order valence-electron chi connectivity index (χ3n) is 5.01. The highest BCUT2D eigenvalue weighted by Crippen LogP contribution is 2.32. The number of sulfonamides is 1. The Labute approximate surface area is 175 Å². The van der Waals surface area contributed by atoms with Gasteiger partial charge >= 0.3 is 5.97 Å². The van der Waals surface area contributed by atoms with E-state index in [-0.39, 0.29) is 17.1 Å². The van der Waals surface area contributed by atoms with Crippen LogP contribution < -0.4 is 9.04 Å². The van der Waals surface area contributed by atoms with Crippen molar-refractivity contribution in [3.05, 3.63) is 89.5 Å². The fourth-order valence-corrected chi connectivity index (χ4v) is 5.01. The van der Waals surface area contributed by atoms with E-state index in [4.69, 9.17) is 9.47 Å². The summed E-state index contributed by atoms with van der Waals surface area (Å²) in [6.07, 6.45) is 0.664. The normalized spacial score (nSPS) is 13.0. The average Bonchev–Trinajstić information content (AvgIpc) is 3.23. The molecule has 1 heterocycles. The summed E-state index contributed by atoms with van der Waals surface area (Å²) in [4.78, 5) is 12.6. The van der Waals surface area contributed by atoms with Crippen LogP contribution in [-0.2, 0) is 27.8 Å². The number of hydrogen-bond donors (Lipinski definition) is 0. The molecule has 0 bridgehead atoms. The van der Waals surface area contributed by atoms with Crippen LogP contribution in [0.5, 0.6) is 5.75 Å². The van der Waals surface area contributed by atoms with Crippen molar-refractivity contribution in [1.29, 1.82) is 0 Å². The van der Waals surface area contributed by atoms with Gasteiger partial charge in [0.25, 0.3) is 10.0 Å². The molecule has 3 aromatic carbocycles. The molecule has 0 amide bonds. The van der Waals surface area contributed by atoms with Crippen LogP contribution in [0.25, 0.3) is 0 Å². The van der Waals surface area contributed by atoms with Gasteiger partial charge in [-0.3, -0.25) is 4.31 Å². The summed E-state index contributed by atoms with van der Waals surface area (Å²) in [5.41, 5.74) is 2.64. The molecule has 1 aliphatic rings. The topological polar surface area (TPSA) is 72.9 Å². The van der Waals surface area contributed by atoms with E-state index in [9.17, 15) is 13.2 Å². The second kappa shape index (κ2) is 8.20. The molecule has 1 aliphatic heterocycles. The van der Waals surface area contributed by atoms with Crippen molar-refractivity contribution in [2.24, 2.45) is 0 Å². The van der Waals surface area contributed by atoms with Crippen molar-refractivity contribution in [1.82, 2.24) is 0 Å². The van der Waals surface area contributed by atoms with Gasteiger partial charge in [-0.25, -0.2) is 13.2 Å². The molecule has 6 nitrogen and oxygen atoms in total. The molecule has 0 fully saturated rings. The number of rotatable bonds is 6. The highest BCUT2D eigenvalue weighted by molar-refractivity contribution is 7.92. The summed E-state index contributed by atoms with van der Waals surface area (Å²) < 4.78 is 38.3. The van der Waals surface area contributed by atoms with Gasteiger partial charge in [-0.1, -0.05) is 36.4 Å². The average molecular weight is 423 g/mol. The maximum absolute atomic E-state index is 13.2. The first kappa shape index (κ1) is 20.0. The molecule has 0 radical (unpaired) electrons. The van der Waals surface area contributed by atoms with Gasteiger partial charge in [-0.05, 0) is 53.9 Å². The van der Waals surface area contributed by atoms with Crippen LogP contribution in [0.15, 0.2) is 77.7 Å². The van der Waals surface area contributed by atoms with Crippen molar-refractivity contribution in [3.63, 3.8) is 0 Å². The number of benzene rings is 3. The number of nitrogens with zero attached hydrogens (tertiary/aromatic N) is 1. The molecule has 0 spiro atoms. The Kier molecular flexibility index (Phi) is 5.46. The van der Waals surface area contributed by atoms with Crippen LogP contribution in [-0.4, -0.2) is 28.0 Å². The Hall–Kier alpha value is -3.32. The Bertz CT molecular complexity index is 1190. The fraction of sp³-hybridized carbons (Fsp3) is 0.174. The lowest BCUT2D eigenvalue weighted by Gasteiger charge is -2.19. The molecule has 0 saturated heterocycles. The Morgan fingerprint density at radius 2 is 1.80 bits per heavy atom. The number of para-hydroxylation sites is 1. The van der Waals surface area contributed by atoms with Crippen LogP contribution >= 0.6 is 0 Å². The second-order valence-electron chi connectivity index (χ2n) is 6.91. The summed E-state index contributed by atoms with van der Waals surface area (Å²) in [5.74, 6) is 0.0826. The fourth-order valence-electron chi connectivity index (χ4n) is 3.46. The highest BCUT2D eigenvalue weighted by atomic mass is 32.2. The number of carbonyl (C=O) groups is 1. The van der Waals surface area contributed by atoms with E-state index in [1.807, 2.05) is 30.3 Å². The van der Waals surface area contributed by atoms with E-state index in [1.165, 1.54) is 16.4 Å². The van der Waals surface area contributed by atoms with Crippen molar-refractivity contribution in [2.75, 3.05) is 18.0 Å². The number of fused-ring (bicyclic) bond motifs is 1. The monoisotopic (exact) mass is 423 g/mol. The van der Waals surface area contributed by atoms with Gasteiger partial charge in [0.1, 0.15) is 12.4 Å². The summed E-state index contributed by atoms with van der Waals surface area (Å²) >= 11 is 0. The molecule has 154 valence electrons. The first-order valence-corrected chi connectivity index (χ1v) is 10.9. The predicted octanol–water partition coefficient (Wildman–Crippen LogP) is 3.80. The molecule has 4 rings (SSSR count). The largest absolute Gasteiger partial charge is 0.497 e. The van der Waals surface area contributed by atoms with Crippen LogP contribution in [0.4, 0.5) is 5.69 Å². The minimum absolute atomic E-state index is 0.0620. The lowest BCUT2D eigenvalue weighted by Crippen LogP contribution is -2.29. The SMILES string of the molecule is COc1cccc(COC(=O)c2cccc(S(=O)(=O)N3CCc4ccccc43)c2)c1. The number of carbonyl (C=O) groups excluding carboxylic acids is 1. The van der Waals surface area contributed by atoms with Gasteiger partial charge in [-0.15, -0.1) is 0 Å². The zero-order chi connectivity index (χ0) is 21.1. The van der Waals surface area contributed by atoms with Crippen LogP contribution in [0.2, 0.25) is 0 Å². The lowest BCUT2D eigenvalue weighted by molar-refractivity contribution is 0.0472. The van der Waals surface area contributed by atoms with Gasteiger partial charge < -0.3 is 9.47 Å². The molecular formula is C23H21NO5S. The second-order valence-corrected chi connectivity index (χ2v) is 8.77. The maximum atomic E-state index is 13.2. The number of hydrogen-bond acceptors (Lipinski definition) is 5. The molecular weight excluding hydrogens is 402 g/mol. The van der Waals surface area contributed by atoms with E-state index >= 15 is 0 Å². The molecule has 0 atom stereocenters. The van der Waals surface area contributed by atoms with Crippen molar-refractivity contribution < 1.29 is 22.7 Å². The Morgan fingerprint density at radius 1 is 1.00 bits per heavy atom. The molecule has 0 unspecified atom stereocenters. The van der Waals surface area contributed by atoms with E-state index in [2.05, 4.69) is 0 Å². The summed E-state index contributed by atoms with van der Waals surface area (Å²) in [5, 5.41) is 0. The number of methoxy groups -OCH3 is 1. The Morgan fingerprint density at radius 3 is 2.63 bits per heavy atom. The van der Waals surface area contributed by atoms with Crippen molar-refractivity contribution >= 4 is 21.7 Å². The van der Waals surface area contributed by atoms with Gasteiger partial charge in [0.05, 0.1) is 23.3 Å². The Balaban J connectivity index is 1.53. The highest BCUT2D eigenvalue weighted by Gasteiger charge is 2.31. The number of esters is 1. The molecule has 3 aromatic rings. The van der Waals surface area contributed by atoms with Crippen LogP contribution in [0, 0.1) is 0 Å². The number of anilines is 1.